The standard InChI is InChI=1S/C20H20N4O5S/c25-19(18-22-15-9-4-5-10-17(15)30(27,28)23-18)21-13-16(14-7-2-1-3-8-14)29-20(26)24-11-6-12-24/h1-5,7-10,16H,6,11-13H2,(H,21,25)(H,22,23). The summed E-state index contributed by atoms with van der Waals surface area (Å²) in [6, 6.07) is 15.2. The van der Waals surface area contributed by atoms with Crippen LogP contribution in [0.3, 0.4) is 0 Å². The lowest BCUT2D eigenvalue weighted by Gasteiger charge is -2.31. The van der Waals surface area contributed by atoms with Gasteiger partial charge in [0.1, 0.15) is 11.0 Å². The van der Waals surface area contributed by atoms with Gasteiger partial charge in [0.2, 0.25) is 5.84 Å². The molecule has 0 spiro atoms. The lowest BCUT2D eigenvalue weighted by molar-refractivity contribution is -0.115. The highest BCUT2D eigenvalue weighted by molar-refractivity contribution is 7.90. The summed E-state index contributed by atoms with van der Waals surface area (Å²) in [6.45, 7) is 1.25. The first-order valence-corrected chi connectivity index (χ1v) is 10.9. The van der Waals surface area contributed by atoms with Crippen molar-refractivity contribution in [2.75, 3.05) is 25.0 Å². The summed E-state index contributed by atoms with van der Waals surface area (Å²) in [7, 11) is -3.98. The van der Waals surface area contributed by atoms with Gasteiger partial charge in [-0.25, -0.2) is 4.79 Å². The molecule has 1 fully saturated rings. The zero-order valence-electron chi connectivity index (χ0n) is 15.9. The fraction of sp³-hybridized carbons (Fsp3) is 0.250. The molecule has 2 aromatic carbocycles. The van der Waals surface area contributed by atoms with Gasteiger partial charge in [-0.15, -0.1) is 4.40 Å². The van der Waals surface area contributed by atoms with Gasteiger partial charge in [-0.1, -0.05) is 42.5 Å². The summed E-state index contributed by atoms with van der Waals surface area (Å²) in [6.07, 6.45) is -0.242. The van der Waals surface area contributed by atoms with Crippen molar-refractivity contribution in [1.82, 2.24) is 10.2 Å². The summed E-state index contributed by atoms with van der Waals surface area (Å²) < 4.78 is 33.8. The first kappa shape index (κ1) is 19.9. The highest BCUT2D eigenvalue weighted by Crippen LogP contribution is 2.26. The predicted molar refractivity (Wildman–Crippen MR) is 110 cm³/mol. The Balaban J connectivity index is 1.47. The molecule has 4 rings (SSSR count). The van der Waals surface area contributed by atoms with Crippen LogP contribution in [0.4, 0.5) is 10.5 Å². The monoisotopic (exact) mass is 428 g/mol. The third kappa shape index (κ3) is 4.13. The fourth-order valence-electron chi connectivity index (χ4n) is 3.07. The molecule has 2 heterocycles. The van der Waals surface area contributed by atoms with Crippen molar-refractivity contribution in [2.45, 2.75) is 17.4 Å². The van der Waals surface area contributed by atoms with Gasteiger partial charge in [-0.05, 0) is 24.1 Å². The average molecular weight is 428 g/mol. The third-order valence-corrected chi connectivity index (χ3v) is 6.16. The Morgan fingerprint density at radius 2 is 1.80 bits per heavy atom. The summed E-state index contributed by atoms with van der Waals surface area (Å²) in [5.41, 5.74) is 0.990. The number of fused-ring (bicyclic) bond motifs is 1. The second-order valence-corrected chi connectivity index (χ2v) is 8.44. The number of carbonyl (C=O) groups excluding carboxylic acids is 2. The Labute approximate surface area is 173 Å². The van der Waals surface area contributed by atoms with Crippen LogP contribution in [-0.4, -0.2) is 50.8 Å². The number of benzene rings is 2. The Hall–Kier alpha value is -3.40. The molecule has 2 aromatic rings. The lowest BCUT2D eigenvalue weighted by Crippen LogP contribution is -2.44. The molecule has 9 nitrogen and oxygen atoms in total. The van der Waals surface area contributed by atoms with Crippen LogP contribution in [0.2, 0.25) is 0 Å². The number of hydrogen-bond acceptors (Lipinski definition) is 6. The second-order valence-electron chi connectivity index (χ2n) is 6.87. The van der Waals surface area contributed by atoms with E-state index in [0.29, 0.717) is 18.7 Å². The Bertz CT molecular complexity index is 1100. The minimum absolute atomic E-state index is 0.00666. The van der Waals surface area contributed by atoms with Crippen molar-refractivity contribution < 1.29 is 22.7 Å². The largest absolute Gasteiger partial charge is 0.439 e. The van der Waals surface area contributed by atoms with Gasteiger partial charge >= 0.3 is 6.09 Å². The summed E-state index contributed by atoms with van der Waals surface area (Å²) in [5, 5.41) is 5.34. The third-order valence-electron chi connectivity index (χ3n) is 4.82. The van der Waals surface area contributed by atoms with E-state index in [-0.39, 0.29) is 23.0 Å². The van der Waals surface area contributed by atoms with Crippen molar-refractivity contribution in [3.8, 4) is 0 Å². The van der Waals surface area contributed by atoms with Crippen LogP contribution in [0.5, 0.6) is 0 Å². The number of ether oxygens (including phenoxy) is 1. The summed E-state index contributed by atoms with van der Waals surface area (Å²) >= 11 is 0. The molecule has 10 heteroatoms. The van der Waals surface area contributed by atoms with Crippen LogP contribution in [0.25, 0.3) is 0 Å². The lowest BCUT2D eigenvalue weighted by atomic mass is 10.1. The van der Waals surface area contributed by atoms with E-state index in [9.17, 15) is 18.0 Å². The topological polar surface area (TPSA) is 117 Å². The molecule has 2 aliphatic heterocycles. The van der Waals surface area contributed by atoms with Crippen molar-refractivity contribution in [3.63, 3.8) is 0 Å². The fourth-order valence-corrected chi connectivity index (χ4v) is 4.19. The van der Waals surface area contributed by atoms with Crippen LogP contribution in [0.15, 0.2) is 63.9 Å². The minimum atomic E-state index is -3.98. The van der Waals surface area contributed by atoms with E-state index in [2.05, 4.69) is 15.0 Å². The number of nitrogens with one attached hydrogen (secondary N) is 2. The molecule has 0 saturated carbocycles. The number of para-hydroxylation sites is 1. The molecule has 2 N–H and O–H groups in total. The van der Waals surface area contributed by atoms with E-state index in [1.165, 1.54) is 6.07 Å². The minimum Gasteiger partial charge on any atom is -0.439 e. The second kappa shape index (κ2) is 8.15. The summed E-state index contributed by atoms with van der Waals surface area (Å²) in [4.78, 5) is 26.4. The van der Waals surface area contributed by atoms with Gasteiger partial charge in [-0.3, -0.25) is 4.79 Å². The van der Waals surface area contributed by atoms with Crippen molar-refractivity contribution in [3.05, 3.63) is 60.2 Å². The molecule has 2 amide bonds. The van der Waals surface area contributed by atoms with Crippen molar-refractivity contribution in [1.29, 1.82) is 0 Å². The number of anilines is 1. The maximum atomic E-state index is 12.6. The van der Waals surface area contributed by atoms with Crippen LogP contribution in [0, 0.1) is 0 Å². The van der Waals surface area contributed by atoms with E-state index < -0.39 is 28.1 Å². The van der Waals surface area contributed by atoms with E-state index in [4.69, 9.17) is 4.74 Å². The number of amides is 2. The molecule has 1 unspecified atom stereocenters. The zero-order chi connectivity index (χ0) is 21.1. The molecule has 156 valence electrons. The van der Waals surface area contributed by atoms with Crippen LogP contribution >= 0.6 is 0 Å². The molecular formula is C20H20N4O5S. The molecule has 1 atom stereocenters. The Kier molecular flexibility index (Phi) is 5.40. The van der Waals surface area contributed by atoms with E-state index in [1.54, 1.807) is 47.4 Å². The number of rotatable bonds is 5. The van der Waals surface area contributed by atoms with E-state index in [0.717, 1.165) is 6.42 Å². The van der Waals surface area contributed by atoms with Crippen molar-refractivity contribution in [2.24, 2.45) is 4.40 Å². The van der Waals surface area contributed by atoms with Gasteiger partial charge in [0, 0.05) is 13.1 Å². The van der Waals surface area contributed by atoms with E-state index in [1.807, 2.05) is 6.07 Å². The van der Waals surface area contributed by atoms with Crippen LogP contribution in [0.1, 0.15) is 18.1 Å². The predicted octanol–water partition coefficient (Wildman–Crippen LogP) is 1.90. The average Bonchev–Trinajstić information content (AvgIpc) is 2.69. The SMILES string of the molecule is O=C(NCC(OC(=O)N1CCC1)c1ccccc1)C1=NS(=O)(=O)c2ccccc2N1. The van der Waals surface area contributed by atoms with Gasteiger partial charge in [0.25, 0.3) is 15.9 Å². The van der Waals surface area contributed by atoms with Crippen molar-refractivity contribution >= 4 is 33.5 Å². The molecule has 1 saturated heterocycles. The number of likely N-dealkylation sites (tertiary alicyclic amines) is 1. The van der Waals surface area contributed by atoms with Crippen LogP contribution in [-0.2, 0) is 19.6 Å². The smallest absolute Gasteiger partial charge is 0.410 e. The number of nitrogens with zero attached hydrogens (tertiary/aromatic N) is 2. The van der Waals surface area contributed by atoms with Gasteiger partial charge < -0.3 is 20.3 Å². The number of hydrogen-bond donors (Lipinski definition) is 2. The molecule has 2 aliphatic rings. The molecule has 0 bridgehead atoms. The highest BCUT2D eigenvalue weighted by atomic mass is 32.2. The first-order chi connectivity index (χ1) is 14.4. The normalized spacial score (nSPS) is 17.5. The molecule has 30 heavy (non-hydrogen) atoms. The number of amidine groups is 1. The number of sulfonamides is 1. The Morgan fingerprint density at radius 1 is 1.10 bits per heavy atom. The zero-order valence-corrected chi connectivity index (χ0v) is 16.8. The van der Waals surface area contributed by atoms with E-state index >= 15 is 0 Å². The Morgan fingerprint density at radius 3 is 2.50 bits per heavy atom. The first-order valence-electron chi connectivity index (χ1n) is 9.44. The highest BCUT2D eigenvalue weighted by Gasteiger charge is 2.29. The molecular weight excluding hydrogens is 408 g/mol. The quantitative estimate of drug-likeness (QED) is 0.751. The number of carbonyl (C=O) groups is 2. The molecule has 0 radical (unpaired) electrons. The maximum Gasteiger partial charge on any atom is 0.410 e. The maximum absolute atomic E-state index is 12.6. The molecule has 0 aromatic heterocycles. The van der Waals surface area contributed by atoms with Gasteiger partial charge in [-0.2, -0.15) is 8.42 Å². The molecule has 0 aliphatic carbocycles. The summed E-state index contributed by atoms with van der Waals surface area (Å²) in [5.74, 6) is -1.05. The van der Waals surface area contributed by atoms with Gasteiger partial charge in [0.15, 0.2) is 0 Å². The van der Waals surface area contributed by atoms with Gasteiger partial charge in [0.05, 0.1) is 12.2 Å². The van der Waals surface area contributed by atoms with Crippen LogP contribution < -0.4 is 10.6 Å².